The zero-order valence-electron chi connectivity index (χ0n) is 16.0. The van der Waals surface area contributed by atoms with Crippen molar-refractivity contribution in [3.05, 3.63) is 29.8 Å². The molecule has 1 spiro atoms. The average molecular weight is 425 g/mol. The fraction of sp³-hybridized carbons (Fsp3) is 0.579. The van der Waals surface area contributed by atoms with E-state index in [4.69, 9.17) is 14.2 Å². The Bertz CT molecular complexity index is 834. The molecule has 2 heterocycles. The summed E-state index contributed by atoms with van der Waals surface area (Å²) in [6, 6.07) is 6.64. The summed E-state index contributed by atoms with van der Waals surface area (Å²) in [5.74, 6) is -0.698. The molecule has 0 unspecified atom stereocenters. The van der Waals surface area contributed by atoms with Crippen molar-refractivity contribution in [2.75, 3.05) is 13.7 Å². The highest BCUT2D eigenvalue weighted by atomic mass is 32.2. The van der Waals surface area contributed by atoms with E-state index in [-0.39, 0.29) is 12.8 Å². The van der Waals surface area contributed by atoms with E-state index in [1.165, 1.54) is 7.11 Å². The molecule has 0 aromatic heterocycles. The number of carbonyl (C=O) groups is 2. The van der Waals surface area contributed by atoms with E-state index in [9.17, 15) is 24.9 Å². The monoisotopic (exact) mass is 425 g/mol. The SMILES string of the molecule is COC(=O)[C@@]1(Sc2ccc(C)cc2)C[C@@H]2OC(=O)N[C@H]2[C@@]2(C[C@]2(O)[C@H](O)CO)O1. The summed E-state index contributed by atoms with van der Waals surface area (Å²) in [5, 5.41) is 33.2. The van der Waals surface area contributed by atoms with Crippen LogP contribution in [0, 0.1) is 6.92 Å². The van der Waals surface area contributed by atoms with Crippen molar-refractivity contribution in [2.24, 2.45) is 0 Å². The van der Waals surface area contributed by atoms with Gasteiger partial charge in [0.25, 0.3) is 0 Å². The van der Waals surface area contributed by atoms with Gasteiger partial charge in [0.05, 0.1) is 13.7 Å². The van der Waals surface area contributed by atoms with Gasteiger partial charge in [-0.25, -0.2) is 9.59 Å². The number of esters is 1. The molecule has 0 bridgehead atoms. The molecular weight excluding hydrogens is 402 g/mol. The Balaban J connectivity index is 1.75. The predicted molar refractivity (Wildman–Crippen MR) is 100 cm³/mol. The Kier molecular flexibility index (Phi) is 4.82. The van der Waals surface area contributed by atoms with Crippen molar-refractivity contribution in [2.45, 2.75) is 59.0 Å². The van der Waals surface area contributed by atoms with Crippen LogP contribution in [0.25, 0.3) is 0 Å². The van der Waals surface area contributed by atoms with Crippen LogP contribution in [0.15, 0.2) is 29.2 Å². The van der Waals surface area contributed by atoms with Crippen LogP contribution >= 0.6 is 11.8 Å². The van der Waals surface area contributed by atoms with Gasteiger partial charge in [0.2, 0.25) is 4.93 Å². The number of hydrogen-bond donors (Lipinski definition) is 4. The third kappa shape index (κ3) is 3.01. The number of nitrogens with one attached hydrogen (secondary N) is 1. The summed E-state index contributed by atoms with van der Waals surface area (Å²) in [5.41, 5.74) is -2.31. The van der Waals surface area contributed by atoms with Crippen molar-refractivity contribution in [1.82, 2.24) is 5.32 Å². The van der Waals surface area contributed by atoms with Gasteiger partial charge in [-0.05, 0) is 19.1 Å². The van der Waals surface area contributed by atoms with Crippen molar-refractivity contribution in [3.63, 3.8) is 0 Å². The molecule has 29 heavy (non-hydrogen) atoms. The van der Waals surface area contributed by atoms with Gasteiger partial charge in [-0.2, -0.15) is 0 Å². The summed E-state index contributed by atoms with van der Waals surface area (Å²) >= 11 is 1.09. The highest BCUT2D eigenvalue weighted by molar-refractivity contribution is 8.01. The number of aliphatic hydroxyl groups is 3. The molecule has 10 heteroatoms. The van der Waals surface area contributed by atoms with Gasteiger partial charge in [-0.1, -0.05) is 29.5 Å². The number of fused-ring (bicyclic) bond motifs is 2. The first-order valence-electron chi connectivity index (χ1n) is 9.22. The average Bonchev–Trinajstić information content (AvgIpc) is 3.09. The van der Waals surface area contributed by atoms with Crippen LogP contribution in [0.3, 0.4) is 0 Å². The molecule has 0 radical (unpaired) electrons. The maximum Gasteiger partial charge on any atom is 0.407 e. The maximum absolute atomic E-state index is 12.9. The Morgan fingerprint density at radius 1 is 1.41 bits per heavy atom. The summed E-state index contributed by atoms with van der Waals surface area (Å²) < 4.78 is 16.6. The highest BCUT2D eigenvalue weighted by Gasteiger charge is 2.82. The fourth-order valence-corrected chi connectivity index (χ4v) is 5.55. The molecule has 3 aliphatic rings. The van der Waals surface area contributed by atoms with E-state index < -0.39 is 53.1 Å². The molecular formula is C19H23NO8S. The molecule has 2 saturated heterocycles. The summed E-state index contributed by atoms with van der Waals surface area (Å²) in [4.78, 5) is 23.9. The number of thioether (sulfide) groups is 1. The number of amides is 1. The van der Waals surface area contributed by atoms with Crippen molar-refractivity contribution in [3.8, 4) is 0 Å². The third-order valence-electron chi connectivity index (χ3n) is 5.89. The van der Waals surface area contributed by atoms with Crippen LogP contribution in [-0.4, -0.2) is 75.5 Å². The number of rotatable bonds is 5. The van der Waals surface area contributed by atoms with Crippen LogP contribution in [0.5, 0.6) is 0 Å². The molecule has 158 valence electrons. The second-order valence-electron chi connectivity index (χ2n) is 7.72. The van der Waals surface area contributed by atoms with Gasteiger partial charge in [0, 0.05) is 17.7 Å². The second kappa shape index (κ2) is 6.85. The molecule has 9 nitrogen and oxygen atoms in total. The molecule has 6 atom stereocenters. The topological polar surface area (TPSA) is 135 Å². The van der Waals surface area contributed by atoms with E-state index in [2.05, 4.69) is 5.32 Å². The van der Waals surface area contributed by atoms with Gasteiger partial charge in [0.15, 0.2) is 0 Å². The van der Waals surface area contributed by atoms with Gasteiger partial charge in [0.1, 0.15) is 29.5 Å². The molecule has 1 aromatic carbocycles. The first kappa shape index (κ1) is 20.4. The normalized spacial score (nSPS) is 38.7. The number of carbonyl (C=O) groups excluding carboxylic acids is 2. The quantitative estimate of drug-likeness (QED) is 0.484. The lowest BCUT2D eigenvalue weighted by Crippen LogP contribution is -2.64. The first-order valence-corrected chi connectivity index (χ1v) is 10.0. The Morgan fingerprint density at radius 2 is 2.10 bits per heavy atom. The van der Waals surface area contributed by atoms with Crippen LogP contribution in [0.2, 0.25) is 0 Å². The summed E-state index contributed by atoms with van der Waals surface area (Å²) in [7, 11) is 1.22. The Labute approximate surface area is 171 Å². The van der Waals surface area contributed by atoms with Gasteiger partial charge in [-0.15, -0.1) is 0 Å². The maximum atomic E-state index is 12.9. The molecule has 4 N–H and O–H groups in total. The van der Waals surface area contributed by atoms with Crippen molar-refractivity contribution in [1.29, 1.82) is 0 Å². The fourth-order valence-electron chi connectivity index (χ4n) is 4.29. The second-order valence-corrected chi connectivity index (χ2v) is 9.06. The predicted octanol–water partition coefficient (Wildman–Crippen LogP) is 0.0805. The molecule has 2 aliphatic heterocycles. The number of hydrogen-bond acceptors (Lipinski definition) is 9. The van der Waals surface area contributed by atoms with E-state index >= 15 is 0 Å². The van der Waals surface area contributed by atoms with Crippen LogP contribution in [-0.2, 0) is 19.0 Å². The first-order chi connectivity index (χ1) is 13.7. The molecule has 1 aromatic rings. The highest BCUT2D eigenvalue weighted by Crippen LogP contribution is 2.63. The molecule has 3 fully saturated rings. The zero-order chi connectivity index (χ0) is 21.0. The van der Waals surface area contributed by atoms with Gasteiger partial charge in [-0.3, -0.25) is 0 Å². The minimum Gasteiger partial charge on any atom is -0.466 e. The van der Waals surface area contributed by atoms with E-state index in [0.29, 0.717) is 0 Å². The Hall–Kier alpha value is -1.85. The van der Waals surface area contributed by atoms with E-state index in [0.717, 1.165) is 22.2 Å². The Morgan fingerprint density at radius 3 is 2.72 bits per heavy atom. The standard InChI is InChI=1S/C19H23NO8S/c1-10-3-5-11(6-4-10)29-19(15(23)26-2)7-12-14(20-16(24)27-12)18(28-19)9-17(18,25)13(22)8-21/h3-6,12-14,21-22,25H,7-9H2,1-2H3,(H,20,24)/t12-,13+,14+,17-,18+,19-/m0/s1. The molecule has 1 saturated carbocycles. The number of alkyl carbamates (subject to hydrolysis) is 1. The lowest BCUT2D eigenvalue weighted by atomic mass is 9.90. The van der Waals surface area contributed by atoms with E-state index in [1.807, 2.05) is 31.2 Å². The zero-order valence-corrected chi connectivity index (χ0v) is 16.8. The van der Waals surface area contributed by atoms with Crippen LogP contribution in [0.1, 0.15) is 18.4 Å². The minimum atomic E-state index is -1.85. The molecule has 1 aliphatic carbocycles. The lowest BCUT2D eigenvalue weighted by molar-refractivity contribution is -0.200. The number of aryl methyl sites for hydroxylation is 1. The summed E-state index contributed by atoms with van der Waals surface area (Å²) in [6.45, 7) is 1.23. The lowest BCUT2D eigenvalue weighted by Gasteiger charge is -2.45. The van der Waals surface area contributed by atoms with Crippen LogP contribution < -0.4 is 5.32 Å². The minimum absolute atomic E-state index is 0.00528. The van der Waals surface area contributed by atoms with Crippen molar-refractivity contribution < 1.29 is 39.1 Å². The number of aliphatic hydroxyl groups excluding tert-OH is 2. The number of ether oxygens (including phenoxy) is 3. The third-order valence-corrected chi connectivity index (χ3v) is 7.14. The van der Waals surface area contributed by atoms with Gasteiger partial charge < -0.3 is 34.8 Å². The number of methoxy groups -OCH3 is 1. The molecule has 1 amide bonds. The summed E-state index contributed by atoms with van der Waals surface area (Å²) in [6.07, 6.45) is -3.09. The molecule has 4 rings (SSSR count). The van der Waals surface area contributed by atoms with Crippen LogP contribution in [0.4, 0.5) is 4.79 Å². The van der Waals surface area contributed by atoms with Crippen molar-refractivity contribution >= 4 is 23.8 Å². The van der Waals surface area contributed by atoms with Gasteiger partial charge >= 0.3 is 12.1 Å². The largest absolute Gasteiger partial charge is 0.466 e. The van der Waals surface area contributed by atoms with E-state index in [1.54, 1.807) is 0 Å². The smallest absolute Gasteiger partial charge is 0.407 e. The number of benzene rings is 1.